The quantitative estimate of drug-likeness (QED) is 0.697. The van der Waals surface area contributed by atoms with Gasteiger partial charge in [0.05, 0.1) is 5.69 Å². The normalized spacial score (nSPS) is 10.7. The molecule has 0 saturated heterocycles. The lowest BCUT2D eigenvalue weighted by Crippen LogP contribution is -1.90. The van der Waals surface area contributed by atoms with Crippen molar-refractivity contribution in [3.8, 4) is 10.6 Å². The number of thiazole rings is 1. The molecule has 0 unspecified atom stereocenters. The number of nitrogens with zero attached hydrogens (tertiary/aromatic N) is 2. The summed E-state index contributed by atoms with van der Waals surface area (Å²) >= 11 is 7.64. The molecule has 2 heterocycles. The number of rotatable bonds is 3. The van der Waals surface area contributed by atoms with Gasteiger partial charge in [-0.3, -0.25) is 4.98 Å². The van der Waals surface area contributed by atoms with E-state index in [0.29, 0.717) is 0 Å². The lowest BCUT2D eigenvalue weighted by atomic mass is 10.1. The minimum absolute atomic E-state index is 0.765. The lowest BCUT2D eigenvalue weighted by molar-refractivity contribution is 1.09. The van der Waals surface area contributed by atoms with Crippen LogP contribution in [-0.2, 0) is 6.42 Å². The first-order valence-corrected chi connectivity index (χ1v) is 7.53. The van der Waals surface area contributed by atoms with Crippen molar-refractivity contribution in [3.63, 3.8) is 0 Å². The maximum atomic E-state index is 5.91. The summed E-state index contributed by atoms with van der Waals surface area (Å²) < 4.78 is 0. The average Bonchev–Trinajstić information content (AvgIpc) is 2.84. The average molecular weight is 301 g/mol. The summed E-state index contributed by atoms with van der Waals surface area (Å²) in [5.74, 6) is 0. The molecule has 3 rings (SSSR count). The van der Waals surface area contributed by atoms with Gasteiger partial charge >= 0.3 is 0 Å². The van der Waals surface area contributed by atoms with Gasteiger partial charge in [-0.05, 0) is 36.8 Å². The zero-order valence-corrected chi connectivity index (χ0v) is 12.6. The molecule has 0 radical (unpaired) electrons. The number of benzene rings is 1. The van der Waals surface area contributed by atoms with Crippen molar-refractivity contribution in [1.29, 1.82) is 0 Å². The van der Waals surface area contributed by atoms with Crippen LogP contribution in [0.5, 0.6) is 0 Å². The van der Waals surface area contributed by atoms with Crippen molar-refractivity contribution in [2.45, 2.75) is 13.3 Å². The first-order valence-electron chi connectivity index (χ1n) is 6.33. The van der Waals surface area contributed by atoms with Gasteiger partial charge in [-0.15, -0.1) is 11.3 Å². The number of hydrogen-bond acceptors (Lipinski definition) is 3. The summed E-state index contributed by atoms with van der Waals surface area (Å²) in [7, 11) is 0. The standard InChI is InChI=1S/C16H13ClN2S/c1-11-15(10-12-2-4-14(17)5-3-12)19-16(20-11)13-6-8-18-9-7-13/h2-9H,10H2,1H3. The van der Waals surface area contributed by atoms with E-state index in [9.17, 15) is 0 Å². The van der Waals surface area contributed by atoms with Gasteiger partial charge in [0.1, 0.15) is 5.01 Å². The Hall–Kier alpha value is -1.71. The van der Waals surface area contributed by atoms with Gasteiger partial charge in [0.15, 0.2) is 0 Å². The summed E-state index contributed by atoms with van der Waals surface area (Å²) in [6, 6.07) is 11.9. The summed E-state index contributed by atoms with van der Waals surface area (Å²) in [4.78, 5) is 10.1. The third-order valence-electron chi connectivity index (χ3n) is 3.10. The Labute approximate surface area is 127 Å². The van der Waals surface area contributed by atoms with Gasteiger partial charge in [-0.25, -0.2) is 4.98 Å². The molecule has 0 aliphatic rings. The van der Waals surface area contributed by atoms with Crippen LogP contribution >= 0.6 is 22.9 Å². The summed E-state index contributed by atoms with van der Waals surface area (Å²) in [6.45, 7) is 2.12. The zero-order chi connectivity index (χ0) is 13.9. The second-order valence-electron chi connectivity index (χ2n) is 4.56. The fraction of sp³-hybridized carbons (Fsp3) is 0.125. The molecule has 0 N–H and O–H groups in total. The van der Waals surface area contributed by atoms with Crippen LogP contribution in [0.4, 0.5) is 0 Å². The topological polar surface area (TPSA) is 25.8 Å². The van der Waals surface area contributed by atoms with Crippen LogP contribution in [0.3, 0.4) is 0 Å². The van der Waals surface area contributed by atoms with Crippen LogP contribution in [0, 0.1) is 6.92 Å². The Kier molecular flexibility index (Phi) is 3.81. The predicted octanol–water partition coefficient (Wildman–Crippen LogP) is 4.76. The van der Waals surface area contributed by atoms with E-state index in [4.69, 9.17) is 16.6 Å². The summed E-state index contributed by atoms with van der Waals surface area (Å²) in [5.41, 5.74) is 3.48. The SMILES string of the molecule is Cc1sc(-c2ccncc2)nc1Cc1ccc(Cl)cc1. The fourth-order valence-corrected chi connectivity index (χ4v) is 3.07. The molecule has 0 bridgehead atoms. The van der Waals surface area contributed by atoms with Crippen molar-refractivity contribution in [2.75, 3.05) is 0 Å². The van der Waals surface area contributed by atoms with E-state index >= 15 is 0 Å². The Morgan fingerprint density at radius 1 is 1.05 bits per heavy atom. The molecule has 20 heavy (non-hydrogen) atoms. The molecule has 0 atom stereocenters. The minimum atomic E-state index is 0.765. The van der Waals surface area contributed by atoms with E-state index in [1.807, 2.05) is 36.4 Å². The van der Waals surface area contributed by atoms with Crippen molar-refractivity contribution >= 4 is 22.9 Å². The van der Waals surface area contributed by atoms with Gasteiger partial charge in [0.2, 0.25) is 0 Å². The van der Waals surface area contributed by atoms with Crippen molar-refractivity contribution < 1.29 is 0 Å². The summed E-state index contributed by atoms with van der Waals surface area (Å²) in [5, 5.41) is 1.81. The molecule has 0 saturated carbocycles. The van der Waals surface area contributed by atoms with Gasteiger partial charge < -0.3 is 0 Å². The van der Waals surface area contributed by atoms with E-state index < -0.39 is 0 Å². The molecule has 0 aliphatic heterocycles. The van der Waals surface area contributed by atoms with Crippen molar-refractivity contribution in [2.24, 2.45) is 0 Å². The Bertz CT molecular complexity index is 705. The molecular formula is C16H13ClN2S. The molecule has 1 aromatic carbocycles. The summed E-state index contributed by atoms with van der Waals surface area (Å²) in [6.07, 6.45) is 4.43. The van der Waals surface area contributed by atoms with Crippen molar-refractivity contribution in [3.05, 3.63) is 69.9 Å². The first-order chi connectivity index (χ1) is 9.72. The molecule has 0 spiro atoms. The Balaban J connectivity index is 1.88. The predicted molar refractivity (Wildman–Crippen MR) is 84.3 cm³/mol. The second-order valence-corrected chi connectivity index (χ2v) is 6.20. The van der Waals surface area contributed by atoms with Gasteiger partial charge in [0, 0.05) is 34.3 Å². The highest BCUT2D eigenvalue weighted by Gasteiger charge is 2.09. The number of halogens is 1. The minimum Gasteiger partial charge on any atom is -0.265 e. The van der Waals surface area contributed by atoms with Crippen LogP contribution < -0.4 is 0 Å². The third-order valence-corrected chi connectivity index (χ3v) is 4.42. The van der Waals surface area contributed by atoms with Gasteiger partial charge in [-0.1, -0.05) is 23.7 Å². The number of aromatic nitrogens is 2. The first kappa shape index (κ1) is 13.3. The van der Waals surface area contributed by atoms with Crippen LogP contribution in [0.2, 0.25) is 5.02 Å². The van der Waals surface area contributed by atoms with Crippen LogP contribution in [-0.4, -0.2) is 9.97 Å². The van der Waals surface area contributed by atoms with Crippen LogP contribution in [0.15, 0.2) is 48.8 Å². The molecule has 2 nitrogen and oxygen atoms in total. The third kappa shape index (κ3) is 2.89. The van der Waals surface area contributed by atoms with Crippen molar-refractivity contribution in [1.82, 2.24) is 9.97 Å². The molecule has 0 amide bonds. The second kappa shape index (κ2) is 5.73. The van der Waals surface area contributed by atoms with Gasteiger partial charge in [0.25, 0.3) is 0 Å². The maximum absolute atomic E-state index is 5.91. The van der Waals surface area contributed by atoms with E-state index in [1.165, 1.54) is 10.4 Å². The molecule has 0 aliphatic carbocycles. The maximum Gasteiger partial charge on any atom is 0.123 e. The lowest BCUT2D eigenvalue weighted by Gasteiger charge is -1.99. The highest BCUT2D eigenvalue weighted by molar-refractivity contribution is 7.15. The molecule has 0 fully saturated rings. The van der Waals surface area contributed by atoms with E-state index in [1.54, 1.807) is 23.7 Å². The van der Waals surface area contributed by atoms with E-state index in [-0.39, 0.29) is 0 Å². The highest BCUT2D eigenvalue weighted by Crippen LogP contribution is 2.28. The smallest absolute Gasteiger partial charge is 0.123 e. The number of hydrogen-bond donors (Lipinski definition) is 0. The zero-order valence-electron chi connectivity index (χ0n) is 11.0. The number of aryl methyl sites for hydroxylation is 1. The highest BCUT2D eigenvalue weighted by atomic mass is 35.5. The fourth-order valence-electron chi connectivity index (χ4n) is 2.01. The molecule has 2 aromatic heterocycles. The molecule has 100 valence electrons. The monoisotopic (exact) mass is 300 g/mol. The molecule has 4 heteroatoms. The Morgan fingerprint density at radius 2 is 1.75 bits per heavy atom. The number of pyridine rings is 1. The van der Waals surface area contributed by atoms with Crippen LogP contribution in [0.1, 0.15) is 16.1 Å². The van der Waals surface area contributed by atoms with Crippen LogP contribution in [0.25, 0.3) is 10.6 Å². The van der Waals surface area contributed by atoms with E-state index in [0.717, 1.165) is 27.7 Å². The van der Waals surface area contributed by atoms with E-state index in [2.05, 4.69) is 11.9 Å². The molecular weight excluding hydrogens is 288 g/mol. The van der Waals surface area contributed by atoms with Gasteiger partial charge in [-0.2, -0.15) is 0 Å². The largest absolute Gasteiger partial charge is 0.265 e. The molecule has 3 aromatic rings. The Morgan fingerprint density at radius 3 is 2.45 bits per heavy atom.